The molecule has 1 unspecified atom stereocenters. The molecule has 0 aliphatic heterocycles. The van der Waals surface area contributed by atoms with Gasteiger partial charge in [-0.15, -0.1) is 0 Å². The number of hydrogen-bond donors (Lipinski definition) is 1. The van der Waals surface area contributed by atoms with E-state index < -0.39 is 0 Å². The minimum atomic E-state index is -0.262. The van der Waals surface area contributed by atoms with E-state index in [0.29, 0.717) is 12.0 Å². The van der Waals surface area contributed by atoms with Crippen molar-refractivity contribution in [2.45, 2.75) is 19.4 Å². The van der Waals surface area contributed by atoms with Gasteiger partial charge in [-0.05, 0) is 49.2 Å². The van der Waals surface area contributed by atoms with E-state index in [4.69, 9.17) is 0 Å². The summed E-state index contributed by atoms with van der Waals surface area (Å²) in [7, 11) is 0. The van der Waals surface area contributed by atoms with E-state index >= 15 is 0 Å². The third-order valence-corrected chi connectivity index (χ3v) is 2.74. The Morgan fingerprint density at radius 1 is 1.00 bits per heavy atom. The summed E-state index contributed by atoms with van der Waals surface area (Å²) in [4.78, 5) is 0. The van der Waals surface area contributed by atoms with Gasteiger partial charge in [0.25, 0.3) is 0 Å². The van der Waals surface area contributed by atoms with Crippen LogP contribution in [0.25, 0.3) is 0 Å². The standard InChI is InChI=1S/C15H15F2N/c1-11(10-12-4-2-3-5-15(12)17)18-14-8-6-13(16)7-9-14/h2-9,11,18H,10H2,1H3. The van der Waals surface area contributed by atoms with Crippen molar-refractivity contribution in [2.24, 2.45) is 0 Å². The molecule has 0 radical (unpaired) electrons. The van der Waals surface area contributed by atoms with Crippen LogP contribution in [0, 0.1) is 11.6 Å². The molecule has 0 aliphatic rings. The van der Waals surface area contributed by atoms with Crippen LogP contribution < -0.4 is 5.32 Å². The summed E-state index contributed by atoms with van der Waals surface area (Å²) in [6, 6.07) is 13.0. The summed E-state index contributed by atoms with van der Waals surface area (Å²) >= 11 is 0. The molecule has 94 valence electrons. The second kappa shape index (κ2) is 5.63. The van der Waals surface area contributed by atoms with Crippen molar-refractivity contribution < 1.29 is 8.78 Å². The van der Waals surface area contributed by atoms with E-state index in [9.17, 15) is 8.78 Å². The maximum atomic E-state index is 13.5. The predicted molar refractivity (Wildman–Crippen MR) is 69.6 cm³/mol. The zero-order valence-electron chi connectivity index (χ0n) is 10.2. The summed E-state index contributed by atoms with van der Waals surface area (Å²) in [5, 5.41) is 3.21. The molecule has 2 rings (SSSR count). The molecule has 0 heterocycles. The average Bonchev–Trinajstić information content (AvgIpc) is 2.35. The highest BCUT2D eigenvalue weighted by molar-refractivity contribution is 5.44. The molecule has 0 aliphatic carbocycles. The van der Waals surface area contributed by atoms with Gasteiger partial charge in [0.05, 0.1) is 0 Å². The Labute approximate surface area is 105 Å². The average molecular weight is 247 g/mol. The van der Waals surface area contributed by atoms with E-state index in [2.05, 4.69) is 5.32 Å². The maximum absolute atomic E-state index is 13.5. The fourth-order valence-electron chi connectivity index (χ4n) is 1.88. The Balaban J connectivity index is 1.99. The third-order valence-electron chi connectivity index (χ3n) is 2.74. The Bertz CT molecular complexity index is 508. The molecule has 2 aromatic carbocycles. The van der Waals surface area contributed by atoms with Gasteiger partial charge in [-0.25, -0.2) is 8.78 Å². The van der Waals surface area contributed by atoms with Crippen molar-refractivity contribution in [1.82, 2.24) is 0 Å². The highest BCUT2D eigenvalue weighted by atomic mass is 19.1. The number of nitrogens with one attached hydrogen (secondary N) is 1. The van der Waals surface area contributed by atoms with Crippen molar-refractivity contribution in [3.63, 3.8) is 0 Å². The molecule has 0 saturated heterocycles. The minimum Gasteiger partial charge on any atom is -0.382 e. The summed E-state index contributed by atoms with van der Waals surface area (Å²) in [6.07, 6.45) is 0.587. The first-order valence-electron chi connectivity index (χ1n) is 5.90. The first-order chi connectivity index (χ1) is 8.65. The summed E-state index contributed by atoms with van der Waals surface area (Å²) < 4.78 is 26.2. The van der Waals surface area contributed by atoms with E-state index in [0.717, 1.165) is 5.69 Å². The Morgan fingerprint density at radius 3 is 2.33 bits per heavy atom. The molecule has 1 atom stereocenters. The summed E-state index contributed by atoms with van der Waals surface area (Å²) in [5.74, 6) is -0.451. The topological polar surface area (TPSA) is 12.0 Å². The molecule has 1 N–H and O–H groups in total. The number of rotatable bonds is 4. The number of benzene rings is 2. The Kier molecular flexibility index (Phi) is 3.92. The molecule has 3 heteroatoms. The fraction of sp³-hybridized carbons (Fsp3) is 0.200. The number of anilines is 1. The summed E-state index contributed by atoms with van der Waals surface area (Å²) in [6.45, 7) is 1.97. The van der Waals surface area contributed by atoms with Crippen LogP contribution in [0.2, 0.25) is 0 Å². The van der Waals surface area contributed by atoms with Crippen molar-refractivity contribution in [3.05, 3.63) is 65.7 Å². The van der Waals surface area contributed by atoms with Crippen LogP contribution in [0.5, 0.6) is 0 Å². The van der Waals surface area contributed by atoms with Crippen LogP contribution in [0.1, 0.15) is 12.5 Å². The zero-order chi connectivity index (χ0) is 13.0. The molecule has 1 nitrogen and oxygen atoms in total. The largest absolute Gasteiger partial charge is 0.382 e. The molecule has 18 heavy (non-hydrogen) atoms. The van der Waals surface area contributed by atoms with Crippen LogP contribution >= 0.6 is 0 Å². The normalized spacial score (nSPS) is 12.2. The lowest BCUT2D eigenvalue weighted by Crippen LogP contribution is -2.18. The minimum absolute atomic E-state index is 0.0763. The lowest BCUT2D eigenvalue weighted by molar-refractivity contribution is 0.601. The molecule has 0 saturated carbocycles. The first kappa shape index (κ1) is 12.6. The lowest BCUT2D eigenvalue weighted by Gasteiger charge is -2.15. The Morgan fingerprint density at radius 2 is 1.67 bits per heavy atom. The molecule has 0 amide bonds. The molecule has 0 bridgehead atoms. The van der Waals surface area contributed by atoms with Crippen molar-refractivity contribution >= 4 is 5.69 Å². The number of hydrogen-bond acceptors (Lipinski definition) is 1. The van der Waals surface area contributed by atoms with Crippen molar-refractivity contribution in [1.29, 1.82) is 0 Å². The third kappa shape index (κ3) is 3.29. The molecule has 2 aromatic rings. The van der Waals surface area contributed by atoms with Crippen LogP contribution in [-0.4, -0.2) is 6.04 Å². The SMILES string of the molecule is CC(Cc1ccccc1F)Nc1ccc(F)cc1. The lowest BCUT2D eigenvalue weighted by atomic mass is 10.1. The molecular weight excluding hydrogens is 232 g/mol. The summed E-state index contributed by atoms with van der Waals surface area (Å²) in [5.41, 5.74) is 1.51. The van der Waals surface area contributed by atoms with E-state index in [1.165, 1.54) is 18.2 Å². The fourth-order valence-corrected chi connectivity index (χ4v) is 1.88. The highest BCUT2D eigenvalue weighted by Gasteiger charge is 2.07. The van der Waals surface area contributed by atoms with Gasteiger partial charge in [0.1, 0.15) is 11.6 Å². The zero-order valence-corrected chi connectivity index (χ0v) is 10.2. The highest BCUT2D eigenvalue weighted by Crippen LogP contribution is 2.14. The Hall–Kier alpha value is -1.90. The van der Waals surface area contributed by atoms with Gasteiger partial charge in [-0.1, -0.05) is 18.2 Å². The monoisotopic (exact) mass is 247 g/mol. The predicted octanol–water partition coefficient (Wildman–Crippen LogP) is 4.01. The van der Waals surface area contributed by atoms with Crippen LogP contribution in [-0.2, 0) is 6.42 Å². The molecule has 0 aromatic heterocycles. The maximum Gasteiger partial charge on any atom is 0.126 e. The number of halogens is 2. The van der Waals surface area contributed by atoms with E-state index in [1.807, 2.05) is 13.0 Å². The van der Waals surface area contributed by atoms with Gasteiger partial charge in [0, 0.05) is 11.7 Å². The second-order valence-corrected chi connectivity index (χ2v) is 4.35. The van der Waals surface area contributed by atoms with Crippen molar-refractivity contribution in [3.8, 4) is 0 Å². The van der Waals surface area contributed by atoms with Gasteiger partial charge in [-0.3, -0.25) is 0 Å². The quantitative estimate of drug-likeness (QED) is 0.860. The van der Waals surface area contributed by atoms with Gasteiger partial charge < -0.3 is 5.32 Å². The second-order valence-electron chi connectivity index (χ2n) is 4.35. The van der Waals surface area contributed by atoms with Crippen LogP contribution in [0.3, 0.4) is 0 Å². The van der Waals surface area contributed by atoms with E-state index in [1.54, 1.807) is 24.3 Å². The van der Waals surface area contributed by atoms with Gasteiger partial charge >= 0.3 is 0 Å². The van der Waals surface area contributed by atoms with E-state index in [-0.39, 0.29) is 17.7 Å². The van der Waals surface area contributed by atoms with Crippen molar-refractivity contribution in [2.75, 3.05) is 5.32 Å². The van der Waals surface area contributed by atoms with Crippen LogP contribution in [0.15, 0.2) is 48.5 Å². The van der Waals surface area contributed by atoms with Gasteiger partial charge in [-0.2, -0.15) is 0 Å². The van der Waals surface area contributed by atoms with Gasteiger partial charge in [0.2, 0.25) is 0 Å². The van der Waals surface area contributed by atoms with Crippen LogP contribution in [0.4, 0.5) is 14.5 Å². The molecule has 0 spiro atoms. The molecule has 0 fully saturated rings. The molecular formula is C15H15F2N. The smallest absolute Gasteiger partial charge is 0.126 e. The van der Waals surface area contributed by atoms with Gasteiger partial charge in [0.15, 0.2) is 0 Å². The first-order valence-corrected chi connectivity index (χ1v) is 5.90.